The van der Waals surface area contributed by atoms with Crippen LogP contribution in [0.15, 0.2) is 60.7 Å². The summed E-state index contributed by atoms with van der Waals surface area (Å²) in [6.45, 7) is 5.66. The van der Waals surface area contributed by atoms with Crippen molar-refractivity contribution in [2.45, 2.75) is 45.7 Å². The molecule has 1 heterocycles. The van der Waals surface area contributed by atoms with E-state index in [1.54, 1.807) is 18.2 Å². The molecule has 0 unspecified atom stereocenters. The highest BCUT2D eigenvalue weighted by Gasteiger charge is 2.18. The quantitative estimate of drug-likeness (QED) is 0.348. The predicted octanol–water partition coefficient (Wildman–Crippen LogP) is 6.99. The third kappa shape index (κ3) is 8.88. The minimum atomic E-state index is -0.133. The highest BCUT2D eigenvalue weighted by Crippen LogP contribution is 2.36. The zero-order valence-corrected chi connectivity index (χ0v) is 24.5. The third-order valence-corrected chi connectivity index (χ3v) is 6.83. The van der Waals surface area contributed by atoms with Gasteiger partial charge in [-0.3, -0.25) is 9.69 Å². The van der Waals surface area contributed by atoms with Crippen molar-refractivity contribution in [3.8, 4) is 23.0 Å². The maximum absolute atomic E-state index is 13.4. The van der Waals surface area contributed by atoms with Crippen LogP contribution in [-0.2, 0) is 17.9 Å². The number of carbonyl (C=O) groups is 1. The van der Waals surface area contributed by atoms with E-state index in [4.69, 9.17) is 25.8 Å². The predicted molar refractivity (Wildman–Crippen MR) is 161 cm³/mol. The van der Waals surface area contributed by atoms with E-state index in [2.05, 4.69) is 41.3 Å². The standard InChI is InChI=1S/C32H40ClN3O4/c1-4-38-28-15-13-24(21-35(2)3)19-25(28)22-36-17-9-5-6-10-18-39-30-11-7-8-12-31(30)40-29-16-14-26(33)20-27(29)34-32(37)23-36/h7-8,11-16,19-20H,4-6,9-10,17-18,21-23H2,1-3H3,(H,34,37). The van der Waals surface area contributed by atoms with Gasteiger partial charge in [0, 0.05) is 23.7 Å². The van der Waals surface area contributed by atoms with Crippen LogP contribution in [0.1, 0.15) is 43.7 Å². The van der Waals surface area contributed by atoms with Gasteiger partial charge < -0.3 is 24.4 Å². The number of hydrogen-bond acceptors (Lipinski definition) is 6. The average Bonchev–Trinajstić information content (AvgIpc) is 2.91. The summed E-state index contributed by atoms with van der Waals surface area (Å²) in [5, 5.41) is 3.55. The second kappa shape index (κ2) is 14.9. The fraction of sp³-hybridized carbons (Fsp3) is 0.406. The van der Waals surface area contributed by atoms with Gasteiger partial charge in [0.15, 0.2) is 17.2 Å². The van der Waals surface area contributed by atoms with Crippen LogP contribution in [-0.4, -0.2) is 56.1 Å². The minimum Gasteiger partial charge on any atom is -0.494 e. The number of carbonyl (C=O) groups excluding carboxylic acids is 1. The number of hydrogen-bond donors (Lipinski definition) is 1. The number of anilines is 1. The molecule has 0 spiro atoms. The zero-order valence-electron chi connectivity index (χ0n) is 23.7. The number of ether oxygens (including phenoxy) is 3. The Morgan fingerprint density at radius 1 is 0.975 bits per heavy atom. The first-order valence-corrected chi connectivity index (χ1v) is 14.4. The Bertz CT molecular complexity index is 1270. The molecule has 7 nitrogen and oxygen atoms in total. The van der Waals surface area contributed by atoms with Crippen molar-refractivity contribution in [1.82, 2.24) is 9.80 Å². The van der Waals surface area contributed by atoms with E-state index < -0.39 is 0 Å². The number of nitrogens with zero attached hydrogens (tertiary/aromatic N) is 2. The van der Waals surface area contributed by atoms with E-state index in [-0.39, 0.29) is 12.5 Å². The van der Waals surface area contributed by atoms with Crippen molar-refractivity contribution in [2.75, 3.05) is 45.7 Å². The molecule has 1 amide bonds. The lowest BCUT2D eigenvalue weighted by Crippen LogP contribution is -2.34. The molecule has 1 aliphatic heterocycles. The molecular formula is C32H40ClN3O4. The smallest absolute Gasteiger partial charge is 0.238 e. The normalized spacial score (nSPS) is 15.4. The van der Waals surface area contributed by atoms with E-state index in [9.17, 15) is 4.79 Å². The summed E-state index contributed by atoms with van der Waals surface area (Å²) in [7, 11) is 4.12. The van der Waals surface area contributed by atoms with Crippen LogP contribution in [0.3, 0.4) is 0 Å². The molecule has 1 aliphatic rings. The van der Waals surface area contributed by atoms with E-state index in [0.717, 1.165) is 50.1 Å². The zero-order chi connectivity index (χ0) is 28.3. The molecule has 0 saturated heterocycles. The van der Waals surface area contributed by atoms with Crippen LogP contribution in [0, 0.1) is 0 Å². The summed E-state index contributed by atoms with van der Waals surface area (Å²) in [5.74, 6) is 2.50. The number of halogens is 1. The van der Waals surface area contributed by atoms with E-state index >= 15 is 0 Å². The molecule has 0 radical (unpaired) electrons. The van der Waals surface area contributed by atoms with Crippen molar-refractivity contribution < 1.29 is 19.0 Å². The Morgan fingerprint density at radius 2 is 1.77 bits per heavy atom. The van der Waals surface area contributed by atoms with Crippen molar-refractivity contribution in [3.63, 3.8) is 0 Å². The number of benzene rings is 3. The average molecular weight is 566 g/mol. The van der Waals surface area contributed by atoms with Gasteiger partial charge >= 0.3 is 0 Å². The van der Waals surface area contributed by atoms with E-state index in [0.29, 0.717) is 47.7 Å². The Balaban J connectivity index is 1.59. The molecular weight excluding hydrogens is 526 g/mol. The van der Waals surface area contributed by atoms with Gasteiger partial charge in [-0.05, 0) is 88.4 Å². The molecule has 0 bridgehead atoms. The fourth-order valence-electron chi connectivity index (χ4n) is 4.80. The van der Waals surface area contributed by atoms with Crippen molar-refractivity contribution in [1.29, 1.82) is 0 Å². The van der Waals surface area contributed by atoms with Gasteiger partial charge in [0.25, 0.3) is 0 Å². The van der Waals surface area contributed by atoms with Crippen LogP contribution in [0.2, 0.25) is 5.02 Å². The number of fused-ring (bicyclic) bond motifs is 2. The van der Waals surface area contributed by atoms with Gasteiger partial charge in [0.1, 0.15) is 5.75 Å². The summed E-state index contributed by atoms with van der Waals surface area (Å²) in [5.41, 5.74) is 2.81. The highest BCUT2D eigenvalue weighted by atomic mass is 35.5. The lowest BCUT2D eigenvalue weighted by atomic mass is 10.1. The summed E-state index contributed by atoms with van der Waals surface area (Å²) in [6.07, 6.45) is 4.03. The second-order valence-corrected chi connectivity index (χ2v) is 10.8. The molecule has 0 atom stereocenters. The molecule has 3 aromatic carbocycles. The van der Waals surface area contributed by atoms with Crippen LogP contribution < -0.4 is 19.5 Å². The summed E-state index contributed by atoms with van der Waals surface area (Å²) >= 11 is 6.31. The fourth-order valence-corrected chi connectivity index (χ4v) is 4.97. The maximum Gasteiger partial charge on any atom is 0.238 e. The largest absolute Gasteiger partial charge is 0.494 e. The molecule has 40 heavy (non-hydrogen) atoms. The summed E-state index contributed by atoms with van der Waals surface area (Å²) in [4.78, 5) is 17.7. The van der Waals surface area contributed by atoms with Gasteiger partial charge in [-0.25, -0.2) is 0 Å². The first kappa shape index (κ1) is 29.7. The molecule has 4 rings (SSSR count). The van der Waals surface area contributed by atoms with Crippen molar-refractivity contribution in [3.05, 3.63) is 76.8 Å². The van der Waals surface area contributed by atoms with E-state index in [1.165, 1.54) is 5.56 Å². The Hall–Kier alpha value is -3.26. The lowest BCUT2D eigenvalue weighted by molar-refractivity contribution is -0.117. The molecule has 0 aromatic heterocycles. The first-order valence-electron chi connectivity index (χ1n) is 14.0. The van der Waals surface area contributed by atoms with Gasteiger partial charge in [-0.2, -0.15) is 0 Å². The van der Waals surface area contributed by atoms with Gasteiger partial charge in [-0.15, -0.1) is 0 Å². The van der Waals surface area contributed by atoms with Crippen LogP contribution in [0.4, 0.5) is 5.69 Å². The third-order valence-electron chi connectivity index (χ3n) is 6.60. The SMILES string of the molecule is CCOc1ccc(CN(C)C)cc1CN1CCCCCCOc2ccccc2Oc2ccc(Cl)cc2NC(=O)C1. The van der Waals surface area contributed by atoms with E-state index in [1.807, 2.05) is 37.3 Å². The first-order chi connectivity index (χ1) is 19.4. The number of para-hydroxylation sites is 2. The number of amides is 1. The highest BCUT2D eigenvalue weighted by molar-refractivity contribution is 6.31. The van der Waals surface area contributed by atoms with Gasteiger partial charge in [-0.1, -0.05) is 42.6 Å². The number of nitrogens with one attached hydrogen (secondary N) is 1. The number of rotatable bonds is 6. The van der Waals surface area contributed by atoms with Gasteiger partial charge in [0.2, 0.25) is 5.91 Å². The summed E-state index contributed by atoms with van der Waals surface area (Å²) < 4.78 is 18.2. The van der Waals surface area contributed by atoms with Crippen LogP contribution in [0.25, 0.3) is 0 Å². The minimum absolute atomic E-state index is 0.133. The molecule has 1 N–H and O–H groups in total. The topological polar surface area (TPSA) is 63.3 Å². The lowest BCUT2D eigenvalue weighted by Gasteiger charge is -2.24. The van der Waals surface area contributed by atoms with Crippen molar-refractivity contribution >= 4 is 23.2 Å². The molecule has 0 fully saturated rings. The van der Waals surface area contributed by atoms with Gasteiger partial charge in [0.05, 0.1) is 25.4 Å². The maximum atomic E-state index is 13.4. The Labute approximate surface area is 243 Å². The van der Waals surface area contributed by atoms with Crippen LogP contribution in [0.5, 0.6) is 23.0 Å². The monoisotopic (exact) mass is 565 g/mol. The molecule has 3 aromatic rings. The second-order valence-electron chi connectivity index (χ2n) is 10.3. The Morgan fingerprint density at radius 3 is 2.58 bits per heavy atom. The van der Waals surface area contributed by atoms with Crippen molar-refractivity contribution in [2.24, 2.45) is 0 Å². The molecule has 214 valence electrons. The Kier molecular flexibility index (Phi) is 11.1. The molecule has 8 heteroatoms. The summed E-state index contributed by atoms with van der Waals surface area (Å²) in [6, 6.07) is 19.1. The van der Waals surface area contributed by atoms with Crippen LogP contribution >= 0.6 is 11.6 Å². The molecule has 0 aliphatic carbocycles. The molecule has 0 saturated carbocycles.